The molecule has 2 atom stereocenters. The minimum atomic E-state index is -4.29. The molecule has 0 saturated carbocycles. The Hall–Kier alpha value is -1.18. The van der Waals surface area contributed by atoms with Crippen molar-refractivity contribution < 1.29 is 37.3 Å². The second-order valence-corrected chi connectivity index (χ2v) is 17.6. The highest BCUT2D eigenvalue weighted by molar-refractivity contribution is 7.47. The lowest BCUT2D eigenvalue weighted by Gasteiger charge is -2.24. The third kappa shape index (κ3) is 41.8. The van der Waals surface area contributed by atoms with Crippen molar-refractivity contribution in [3.63, 3.8) is 0 Å². The van der Waals surface area contributed by atoms with Gasteiger partial charge < -0.3 is 18.9 Å². The Kier molecular flexibility index (Phi) is 36.9. The van der Waals surface area contributed by atoms with Crippen molar-refractivity contribution in [2.24, 2.45) is 0 Å². The molecule has 0 aromatic rings. The van der Waals surface area contributed by atoms with Gasteiger partial charge in [0.1, 0.15) is 19.8 Å². The van der Waals surface area contributed by atoms with Crippen LogP contribution in [0.4, 0.5) is 0 Å². The summed E-state index contributed by atoms with van der Waals surface area (Å²) in [7, 11) is 1.64. The molecule has 0 aliphatic rings. The molecule has 0 saturated heterocycles. The zero-order valence-corrected chi connectivity index (χ0v) is 36.4. The van der Waals surface area contributed by atoms with E-state index in [1.165, 1.54) is 135 Å². The van der Waals surface area contributed by atoms with Gasteiger partial charge in [0.05, 0.1) is 34.0 Å². The fourth-order valence-corrected chi connectivity index (χ4v) is 6.84. The van der Waals surface area contributed by atoms with Crippen molar-refractivity contribution >= 4 is 13.8 Å². The average Bonchev–Trinajstić information content (AvgIpc) is 3.11. The molecule has 0 aliphatic carbocycles. The number of nitrogens with zero attached hydrogens (tertiary/aromatic N) is 1. The number of quaternary nitrogens is 1. The third-order valence-corrected chi connectivity index (χ3v) is 10.6. The molecule has 0 fully saturated rings. The van der Waals surface area contributed by atoms with Gasteiger partial charge in [-0.25, -0.2) is 4.57 Å². The van der Waals surface area contributed by atoms with Crippen molar-refractivity contribution in [2.45, 2.75) is 206 Å². The molecule has 314 valence electrons. The summed E-state index contributed by atoms with van der Waals surface area (Å²) in [6, 6.07) is 0. The normalized spacial score (nSPS) is 13.9. The Bertz CT molecular complexity index is 905. The fourth-order valence-electron chi connectivity index (χ4n) is 6.10. The number of hydrogen-bond acceptors (Lipinski definition) is 6. The number of phosphoric ester groups is 1. The van der Waals surface area contributed by atoms with Crippen LogP contribution in [0.25, 0.3) is 0 Å². The molecule has 0 rings (SSSR count). The van der Waals surface area contributed by atoms with Crippen molar-refractivity contribution in [3.05, 3.63) is 24.5 Å². The van der Waals surface area contributed by atoms with E-state index in [2.05, 4.69) is 26.0 Å². The Morgan fingerprint density at radius 3 is 1.45 bits per heavy atom. The number of ether oxygens (including phenoxy) is 2. The Morgan fingerprint density at radius 2 is 1.00 bits per heavy atom. The number of unbranched alkanes of at least 4 members (excludes halogenated alkanes) is 25. The topological polar surface area (TPSA) is 91.3 Å². The van der Waals surface area contributed by atoms with Crippen molar-refractivity contribution in [1.29, 1.82) is 0 Å². The minimum Gasteiger partial charge on any atom is -0.498 e. The molecular formula is C44H87NO7P+. The van der Waals surface area contributed by atoms with Crippen LogP contribution in [0.5, 0.6) is 0 Å². The standard InChI is InChI=1S/C44H86NO7P/c1-6-8-10-12-14-16-18-20-22-24-26-28-30-32-34-36-39-49-41-43(42-51-53(47,48)50-40-38-45(3,4)5)52-44(46)37-35-33-31-29-27-25-23-21-19-17-15-13-11-9-7-2/h21,23,36,39,43H,6-20,22,24-35,37-38,40-42H2,1-5H3/p+1/b23-21+,39-36+. The van der Waals surface area contributed by atoms with Crippen molar-refractivity contribution in [2.75, 3.05) is 47.5 Å². The van der Waals surface area contributed by atoms with E-state index in [4.69, 9.17) is 18.5 Å². The Balaban J connectivity index is 4.28. The van der Waals surface area contributed by atoms with E-state index in [0.717, 1.165) is 44.9 Å². The molecule has 0 radical (unpaired) electrons. The van der Waals surface area contributed by atoms with Gasteiger partial charge in [0.2, 0.25) is 0 Å². The first-order chi connectivity index (χ1) is 25.6. The number of allylic oxidation sites excluding steroid dienone is 3. The molecule has 0 bridgehead atoms. The number of carbonyl (C=O) groups excluding carboxylic acids is 1. The van der Waals surface area contributed by atoms with Crippen LogP contribution >= 0.6 is 7.82 Å². The third-order valence-electron chi connectivity index (χ3n) is 9.58. The summed E-state index contributed by atoms with van der Waals surface area (Å²) in [5.41, 5.74) is 0. The molecule has 0 aliphatic heterocycles. The Morgan fingerprint density at radius 1 is 0.585 bits per heavy atom. The van der Waals surface area contributed by atoms with Gasteiger partial charge in [-0.2, -0.15) is 0 Å². The number of hydrogen-bond donors (Lipinski definition) is 1. The molecule has 53 heavy (non-hydrogen) atoms. The van der Waals surface area contributed by atoms with Crippen molar-refractivity contribution in [1.82, 2.24) is 0 Å². The van der Waals surface area contributed by atoms with Crippen LogP contribution in [-0.4, -0.2) is 69.0 Å². The van der Waals surface area contributed by atoms with E-state index >= 15 is 0 Å². The molecule has 0 amide bonds. The largest absolute Gasteiger partial charge is 0.498 e. The average molecular weight is 773 g/mol. The van der Waals surface area contributed by atoms with E-state index in [1.807, 2.05) is 27.2 Å². The van der Waals surface area contributed by atoms with E-state index in [1.54, 1.807) is 6.26 Å². The summed E-state index contributed by atoms with van der Waals surface area (Å²) < 4.78 is 34.7. The maximum absolute atomic E-state index is 12.7. The van der Waals surface area contributed by atoms with Gasteiger partial charge in [0, 0.05) is 6.42 Å². The smallest absolute Gasteiger partial charge is 0.472 e. The van der Waals surface area contributed by atoms with Gasteiger partial charge >= 0.3 is 13.8 Å². The van der Waals surface area contributed by atoms with Gasteiger partial charge in [-0.1, -0.05) is 161 Å². The highest BCUT2D eigenvalue weighted by Crippen LogP contribution is 2.43. The van der Waals surface area contributed by atoms with E-state index < -0.39 is 13.9 Å². The first-order valence-corrected chi connectivity index (χ1v) is 23.6. The van der Waals surface area contributed by atoms with E-state index in [9.17, 15) is 14.3 Å². The minimum absolute atomic E-state index is 0.0479. The predicted molar refractivity (Wildman–Crippen MR) is 224 cm³/mol. The molecule has 0 spiro atoms. The predicted octanol–water partition coefficient (Wildman–Crippen LogP) is 13.2. The molecule has 0 aromatic carbocycles. The SMILES string of the molecule is CCCCCCCC/C=C/CCCCCCCC(=O)OC(CO/C=C/CCCCCCCCCCCCCCCC)COP(=O)(O)OCC[N+](C)(C)C. The van der Waals surface area contributed by atoms with Crippen LogP contribution in [0.15, 0.2) is 24.5 Å². The maximum Gasteiger partial charge on any atom is 0.472 e. The molecule has 0 aromatic heterocycles. The summed E-state index contributed by atoms with van der Waals surface area (Å²) >= 11 is 0. The van der Waals surface area contributed by atoms with Crippen LogP contribution in [0, 0.1) is 0 Å². The number of esters is 1. The quantitative estimate of drug-likeness (QED) is 0.0165. The van der Waals surface area contributed by atoms with Gasteiger partial charge in [0.15, 0.2) is 6.10 Å². The number of rotatable bonds is 41. The van der Waals surface area contributed by atoms with Gasteiger partial charge in [-0.3, -0.25) is 13.8 Å². The van der Waals surface area contributed by atoms with E-state index in [0.29, 0.717) is 17.4 Å². The monoisotopic (exact) mass is 773 g/mol. The number of likely N-dealkylation sites (N-methyl/N-ethyl adjacent to an activating group) is 1. The molecule has 8 nitrogen and oxygen atoms in total. The zero-order valence-electron chi connectivity index (χ0n) is 35.5. The van der Waals surface area contributed by atoms with Gasteiger partial charge in [-0.15, -0.1) is 0 Å². The molecule has 9 heteroatoms. The first-order valence-electron chi connectivity index (χ1n) is 22.1. The molecular weight excluding hydrogens is 685 g/mol. The fraction of sp³-hybridized carbons (Fsp3) is 0.886. The lowest BCUT2D eigenvalue weighted by Crippen LogP contribution is -2.37. The summed E-state index contributed by atoms with van der Waals surface area (Å²) in [6.45, 7) is 4.93. The number of carbonyl (C=O) groups is 1. The van der Waals surface area contributed by atoms with Gasteiger partial charge in [0.25, 0.3) is 0 Å². The van der Waals surface area contributed by atoms with Crippen molar-refractivity contribution in [3.8, 4) is 0 Å². The van der Waals surface area contributed by atoms with Gasteiger partial charge in [-0.05, 0) is 51.0 Å². The maximum atomic E-state index is 12.7. The summed E-state index contributed by atoms with van der Waals surface area (Å²) in [5, 5.41) is 0. The molecule has 1 N–H and O–H groups in total. The highest BCUT2D eigenvalue weighted by atomic mass is 31.2. The lowest BCUT2D eigenvalue weighted by molar-refractivity contribution is -0.870. The van der Waals surface area contributed by atoms with Crippen LogP contribution in [0.2, 0.25) is 0 Å². The number of phosphoric acid groups is 1. The van der Waals surface area contributed by atoms with E-state index in [-0.39, 0.29) is 25.8 Å². The Labute approximate surface area is 328 Å². The molecule has 0 heterocycles. The second kappa shape index (κ2) is 37.7. The van der Waals surface area contributed by atoms with Crippen LogP contribution < -0.4 is 0 Å². The first kappa shape index (κ1) is 51.8. The second-order valence-electron chi connectivity index (χ2n) is 16.1. The lowest BCUT2D eigenvalue weighted by atomic mass is 10.0. The summed E-state index contributed by atoms with van der Waals surface area (Å²) in [4.78, 5) is 22.8. The highest BCUT2D eigenvalue weighted by Gasteiger charge is 2.26. The van der Waals surface area contributed by atoms with Crippen LogP contribution in [-0.2, 0) is 27.9 Å². The van der Waals surface area contributed by atoms with Crippen LogP contribution in [0.1, 0.15) is 200 Å². The molecule has 2 unspecified atom stereocenters. The van der Waals surface area contributed by atoms with Crippen LogP contribution in [0.3, 0.4) is 0 Å². The summed E-state index contributed by atoms with van der Waals surface area (Å²) in [6.07, 6.45) is 43.0. The zero-order chi connectivity index (χ0) is 39.1. The summed E-state index contributed by atoms with van der Waals surface area (Å²) in [5.74, 6) is -0.343.